The highest BCUT2D eigenvalue weighted by Gasteiger charge is 2.46. The number of imide groups is 1. The number of para-hydroxylation sites is 1. The van der Waals surface area contributed by atoms with E-state index in [1.165, 1.54) is 11.4 Å². The van der Waals surface area contributed by atoms with Gasteiger partial charge in [-0.15, -0.1) is 0 Å². The largest absolute Gasteiger partial charge is 0.497 e. The van der Waals surface area contributed by atoms with Crippen molar-refractivity contribution in [3.63, 3.8) is 0 Å². The van der Waals surface area contributed by atoms with Gasteiger partial charge in [0.2, 0.25) is 15.9 Å². The van der Waals surface area contributed by atoms with Crippen molar-refractivity contribution in [2.75, 3.05) is 18.6 Å². The Morgan fingerprint density at radius 3 is 2.42 bits per heavy atom. The molecule has 1 N–H and O–H groups in total. The van der Waals surface area contributed by atoms with Crippen molar-refractivity contribution in [2.24, 2.45) is 0 Å². The summed E-state index contributed by atoms with van der Waals surface area (Å²) >= 11 is 0. The van der Waals surface area contributed by atoms with E-state index in [4.69, 9.17) is 4.74 Å². The highest BCUT2D eigenvalue weighted by atomic mass is 32.2. The minimum atomic E-state index is -4.15. The molecule has 0 radical (unpaired) electrons. The van der Waals surface area contributed by atoms with Crippen LogP contribution in [0, 0.1) is 0 Å². The van der Waals surface area contributed by atoms with Crippen LogP contribution < -0.4 is 9.64 Å². The molecule has 1 unspecified atom stereocenters. The summed E-state index contributed by atoms with van der Waals surface area (Å²) < 4.78 is 34.8. The Labute approximate surface area is 231 Å². The molecule has 1 saturated heterocycles. The van der Waals surface area contributed by atoms with Gasteiger partial charge in [-0.2, -0.15) is 4.31 Å². The monoisotopic (exact) mass is 553 g/mol. The predicted molar refractivity (Wildman–Crippen MR) is 154 cm³/mol. The fraction of sp³-hybridized carbons (Fsp3) is 0.161. The number of aromatic nitrogens is 1. The van der Waals surface area contributed by atoms with Crippen LogP contribution in [0.3, 0.4) is 0 Å². The van der Waals surface area contributed by atoms with Crippen molar-refractivity contribution >= 4 is 49.2 Å². The third-order valence-corrected chi connectivity index (χ3v) is 9.31. The number of carbonyl (C=O) groups is 2. The molecule has 2 heterocycles. The number of hydrogen-bond donors (Lipinski definition) is 1. The lowest BCUT2D eigenvalue weighted by atomic mass is 10.1. The van der Waals surface area contributed by atoms with E-state index in [-0.39, 0.29) is 17.9 Å². The van der Waals surface area contributed by atoms with Gasteiger partial charge in [-0.3, -0.25) is 9.59 Å². The van der Waals surface area contributed by atoms with Crippen molar-refractivity contribution in [1.29, 1.82) is 0 Å². The fourth-order valence-corrected chi connectivity index (χ4v) is 6.94. The van der Waals surface area contributed by atoms with Crippen LogP contribution in [0.4, 0.5) is 5.69 Å². The molecule has 0 saturated carbocycles. The summed E-state index contributed by atoms with van der Waals surface area (Å²) in [4.78, 5) is 31.2. The molecule has 0 spiro atoms. The zero-order valence-electron chi connectivity index (χ0n) is 21.8. The van der Waals surface area contributed by atoms with E-state index in [9.17, 15) is 18.0 Å². The molecule has 5 aromatic rings. The lowest BCUT2D eigenvalue weighted by Gasteiger charge is -2.27. The fourth-order valence-electron chi connectivity index (χ4n) is 5.32. The van der Waals surface area contributed by atoms with Gasteiger partial charge in [0, 0.05) is 23.6 Å². The second-order valence-corrected chi connectivity index (χ2v) is 11.6. The third kappa shape index (κ3) is 4.53. The molecule has 0 aliphatic carbocycles. The topological polar surface area (TPSA) is 99.8 Å². The summed E-state index contributed by atoms with van der Waals surface area (Å²) in [6.07, 6.45) is 1.97. The molecule has 8 nitrogen and oxygen atoms in total. The van der Waals surface area contributed by atoms with Crippen molar-refractivity contribution in [3.8, 4) is 5.75 Å². The number of aromatic amines is 1. The average Bonchev–Trinajstić information content (AvgIpc) is 3.52. The molecule has 1 fully saturated rings. The van der Waals surface area contributed by atoms with Gasteiger partial charge in [-0.05, 0) is 65.2 Å². The predicted octanol–water partition coefficient (Wildman–Crippen LogP) is 4.90. The molecule has 9 heteroatoms. The quantitative estimate of drug-likeness (QED) is 0.276. The first-order chi connectivity index (χ1) is 19.4. The Kier molecular flexibility index (Phi) is 6.61. The van der Waals surface area contributed by atoms with Crippen LogP contribution in [0.2, 0.25) is 0 Å². The number of benzene rings is 4. The number of amides is 2. The van der Waals surface area contributed by atoms with Crippen LogP contribution in [-0.4, -0.2) is 49.2 Å². The second kappa shape index (κ2) is 10.3. The van der Waals surface area contributed by atoms with Crippen molar-refractivity contribution in [1.82, 2.24) is 9.29 Å². The highest BCUT2D eigenvalue weighted by Crippen LogP contribution is 2.32. The molecule has 0 bridgehead atoms. The van der Waals surface area contributed by atoms with Crippen molar-refractivity contribution in [2.45, 2.75) is 23.8 Å². The van der Waals surface area contributed by atoms with E-state index in [1.54, 1.807) is 42.5 Å². The summed E-state index contributed by atoms with van der Waals surface area (Å²) in [6.45, 7) is 0.0249. The van der Waals surface area contributed by atoms with E-state index in [0.717, 1.165) is 32.1 Å². The van der Waals surface area contributed by atoms with Gasteiger partial charge in [0.05, 0.1) is 24.1 Å². The SMILES string of the molecule is COc1ccc(N2C(=O)CC(N(CCc3c[nH]c4ccccc34)S(=O)(=O)c3ccc4ccccc4c3)C2=O)cc1. The van der Waals surface area contributed by atoms with Crippen LogP contribution >= 0.6 is 0 Å². The molecular weight excluding hydrogens is 526 g/mol. The Hall–Kier alpha value is -4.47. The number of carbonyl (C=O) groups excluding carboxylic acids is 2. The van der Waals surface area contributed by atoms with Gasteiger partial charge in [0.1, 0.15) is 11.8 Å². The molecule has 1 atom stereocenters. The summed E-state index contributed by atoms with van der Waals surface area (Å²) in [5.41, 5.74) is 2.25. The number of methoxy groups -OCH3 is 1. The van der Waals surface area contributed by atoms with Gasteiger partial charge >= 0.3 is 0 Å². The molecule has 1 aliphatic rings. The second-order valence-electron chi connectivity index (χ2n) is 9.72. The van der Waals surface area contributed by atoms with Crippen LogP contribution in [-0.2, 0) is 26.0 Å². The molecule has 202 valence electrons. The normalized spacial score (nSPS) is 15.9. The van der Waals surface area contributed by atoms with Gasteiger partial charge in [0.25, 0.3) is 5.91 Å². The summed E-state index contributed by atoms with van der Waals surface area (Å²) in [7, 11) is -2.62. The first-order valence-electron chi connectivity index (χ1n) is 12.9. The van der Waals surface area contributed by atoms with Gasteiger partial charge in [-0.25, -0.2) is 13.3 Å². The molecule has 1 aliphatic heterocycles. The number of rotatable bonds is 8. The number of H-pyrrole nitrogens is 1. The van der Waals surface area contributed by atoms with Crippen LogP contribution in [0.1, 0.15) is 12.0 Å². The highest BCUT2D eigenvalue weighted by molar-refractivity contribution is 7.89. The summed E-state index contributed by atoms with van der Waals surface area (Å²) in [5, 5.41) is 2.66. The first kappa shape index (κ1) is 25.8. The van der Waals surface area contributed by atoms with Crippen molar-refractivity contribution < 1.29 is 22.7 Å². The van der Waals surface area contributed by atoms with E-state index in [0.29, 0.717) is 17.9 Å². The summed E-state index contributed by atoms with van der Waals surface area (Å²) in [6, 6.07) is 25.6. The van der Waals surface area contributed by atoms with E-state index in [2.05, 4.69) is 4.98 Å². The number of anilines is 1. The number of nitrogens with zero attached hydrogens (tertiary/aromatic N) is 2. The minimum absolute atomic E-state index is 0.0249. The van der Waals surface area contributed by atoms with Gasteiger partial charge < -0.3 is 9.72 Å². The Morgan fingerprint density at radius 1 is 0.925 bits per heavy atom. The molecule has 6 rings (SSSR count). The van der Waals surface area contributed by atoms with E-state index in [1.807, 2.05) is 54.7 Å². The molecule has 2 amide bonds. The number of fused-ring (bicyclic) bond motifs is 2. The number of ether oxygens (including phenoxy) is 1. The summed E-state index contributed by atoms with van der Waals surface area (Å²) in [5.74, 6) is -0.442. The minimum Gasteiger partial charge on any atom is -0.497 e. The lowest BCUT2D eigenvalue weighted by molar-refractivity contribution is -0.122. The zero-order chi connectivity index (χ0) is 27.9. The first-order valence-corrected chi connectivity index (χ1v) is 14.4. The Balaban J connectivity index is 1.38. The smallest absolute Gasteiger partial charge is 0.252 e. The maximum Gasteiger partial charge on any atom is 0.252 e. The third-order valence-electron chi connectivity index (χ3n) is 7.41. The van der Waals surface area contributed by atoms with Gasteiger partial charge in [-0.1, -0.05) is 48.5 Å². The zero-order valence-corrected chi connectivity index (χ0v) is 22.6. The average molecular weight is 554 g/mol. The number of nitrogens with one attached hydrogen (secondary N) is 1. The van der Waals surface area contributed by atoms with Crippen LogP contribution in [0.15, 0.2) is 102 Å². The molecule has 1 aromatic heterocycles. The van der Waals surface area contributed by atoms with Crippen molar-refractivity contribution in [3.05, 3.63) is 103 Å². The van der Waals surface area contributed by atoms with Crippen LogP contribution in [0.5, 0.6) is 5.75 Å². The van der Waals surface area contributed by atoms with Crippen LogP contribution in [0.25, 0.3) is 21.7 Å². The Morgan fingerprint density at radius 2 is 1.65 bits per heavy atom. The number of sulfonamides is 1. The standard InChI is InChI=1S/C31H27N3O5S/c1-39-25-13-11-24(12-14-25)34-30(35)19-29(31(34)36)33(17-16-23-20-32-28-9-5-4-8-27(23)28)40(37,38)26-15-10-21-6-2-3-7-22(21)18-26/h2-15,18,20,29,32H,16-17,19H2,1H3. The van der Waals surface area contributed by atoms with E-state index < -0.39 is 27.9 Å². The molecule has 40 heavy (non-hydrogen) atoms. The maximum absolute atomic E-state index is 14.2. The van der Waals surface area contributed by atoms with E-state index >= 15 is 0 Å². The number of hydrogen-bond acceptors (Lipinski definition) is 5. The maximum atomic E-state index is 14.2. The molecular formula is C31H27N3O5S. The van der Waals surface area contributed by atoms with Gasteiger partial charge in [0.15, 0.2) is 0 Å². The lowest BCUT2D eigenvalue weighted by Crippen LogP contribution is -2.46. The molecule has 4 aromatic carbocycles. The Bertz CT molecular complexity index is 1850.